The van der Waals surface area contributed by atoms with Gasteiger partial charge in [-0.2, -0.15) is 10.4 Å². The summed E-state index contributed by atoms with van der Waals surface area (Å²) in [5.41, 5.74) is -0.348. The lowest BCUT2D eigenvalue weighted by Crippen LogP contribution is -2.43. The normalized spacial score (nSPS) is 19.6. The van der Waals surface area contributed by atoms with Crippen molar-refractivity contribution in [3.8, 4) is 6.07 Å². The number of benzene rings is 1. The molecule has 0 saturated heterocycles. The molecule has 9 nitrogen and oxygen atoms in total. The first-order chi connectivity index (χ1) is 16.1. The van der Waals surface area contributed by atoms with Crippen LogP contribution < -0.4 is 5.32 Å². The highest BCUT2D eigenvalue weighted by molar-refractivity contribution is 5.95. The molecule has 2 aliphatic heterocycles. The van der Waals surface area contributed by atoms with Gasteiger partial charge in [0.1, 0.15) is 23.1 Å². The number of nitriles is 1. The molecule has 2 aromatic rings. The third-order valence-electron chi connectivity index (χ3n) is 6.87. The van der Waals surface area contributed by atoms with Gasteiger partial charge in [0.25, 0.3) is 5.91 Å². The molecule has 0 spiro atoms. The monoisotopic (exact) mass is 472 g/mol. The summed E-state index contributed by atoms with van der Waals surface area (Å²) in [5.74, 6) is -2.61. The zero-order valence-corrected chi connectivity index (χ0v) is 19.2. The van der Waals surface area contributed by atoms with Gasteiger partial charge < -0.3 is 20.2 Å². The van der Waals surface area contributed by atoms with Crippen molar-refractivity contribution in [2.45, 2.75) is 45.4 Å². The average molecular weight is 472 g/mol. The molecule has 11 heteroatoms. The van der Waals surface area contributed by atoms with Crippen molar-refractivity contribution >= 4 is 17.6 Å². The predicted molar refractivity (Wildman–Crippen MR) is 118 cm³/mol. The fraction of sp³-hybridized carbons (Fsp3) is 0.478. The lowest BCUT2D eigenvalue weighted by molar-refractivity contribution is -0.0196. The van der Waals surface area contributed by atoms with Gasteiger partial charge in [0.05, 0.1) is 23.5 Å². The molecule has 0 radical (unpaired) electrons. The smallest absolute Gasteiger partial charge is 0.322 e. The molecule has 4 rings (SSSR count). The first-order valence-electron chi connectivity index (χ1n) is 11.1. The molecule has 34 heavy (non-hydrogen) atoms. The van der Waals surface area contributed by atoms with Crippen molar-refractivity contribution in [2.24, 2.45) is 5.92 Å². The first-order valence-corrected chi connectivity index (χ1v) is 11.1. The van der Waals surface area contributed by atoms with E-state index in [1.165, 1.54) is 11.0 Å². The van der Waals surface area contributed by atoms with Gasteiger partial charge >= 0.3 is 6.03 Å². The third kappa shape index (κ3) is 3.98. The van der Waals surface area contributed by atoms with E-state index in [-0.39, 0.29) is 30.6 Å². The molecule has 0 bridgehead atoms. The van der Waals surface area contributed by atoms with Crippen molar-refractivity contribution in [3.63, 3.8) is 0 Å². The Kier molecular flexibility index (Phi) is 6.03. The molecular formula is C23H26F2N6O3. The number of aromatic nitrogens is 2. The SMILES string of the molecule is CCC(C)(O)[C@H]1CN(C)C(=O)c2c3c(nn2C1)CCN(C(=O)Nc1ccc(F)c(C#N)c1F)C3. The number of halogens is 2. The Bertz CT molecular complexity index is 1200. The molecule has 1 unspecified atom stereocenters. The average Bonchev–Trinajstić information content (AvgIpc) is 3.11. The van der Waals surface area contributed by atoms with Crippen LogP contribution >= 0.6 is 0 Å². The Morgan fingerprint density at radius 1 is 1.38 bits per heavy atom. The van der Waals surface area contributed by atoms with Crippen LogP contribution in [0.4, 0.5) is 19.3 Å². The van der Waals surface area contributed by atoms with E-state index >= 15 is 0 Å². The molecule has 2 atom stereocenters. The van der Waals surface area contributed by atoms with Crippen LogP contribution in [0.2, 0.25) is 0 Å². The molecule has 0 saturated carbocycles. The van der Waals surface area contributed by atoms with E-state index in [1.807, 2.05) is 6.92 Å². The molecular weight excluding hydrogens is 446 g/mol. The summed E-state index contributed by atoms with van der Waals surface area (Å²) in [6, 6.07) is 2.78. The second-order valence-electron chi connectivity index (χ2n) is 9.05. The van der Waals surface area contributed by atoms with Crippen LogP contribution in [0.25, 0.3) is 0 Å². The maximum atomic E-state index is 14.4. The minimum atomic E-state index is -1.14. The maximum absolute atomic E-state index is 14.4. The lowest BCUT2D eigenvalue weighted by atomic mass is 9.86. The number of fused-ring (bicyclic) bond motifs is 3. The van der Waals surface area contributed by atoms with Crippen LogP contribution in [0.5, 0.6) is 0 Å². The fourth-order valence-electron chi connectivity index (χ4n) is 4.46. The summed E-state index contributed by atoms with van der Waals surface area (Å²) in [6.07, 6.45) is 0.918. The highest BCUT2D eigenvalue weighted by Crippen LogP contribution is 2.31. The molecule has 0 aliphatic carbocycles. The van der Waals surface area contributed by atoms with Gasteiger partial charge in [-0.3, -0.25) is 9.48 Å². The molecule has 2 N–H and O–H groups in total. The number of hydrogen-bond acceptors (Lipinski definition) is 5. The second-order valence-corrected chi connectivity index (χ2v) is 9.05. The Morgan fingerprint density at radius 3 is 2.79 bits per heavy atom. The van der Waals surface area contributed by atoms with Gasteiger partial charge in [0.2, 0.25) is 0 Å². The largest absolute Gasteiger partial charge is 0.390 e. The number of rotatable bonds is 3. The number of carbonyl (C=O) groups is 2. The fourth-order valence-corrected chi connectivity index (χ4v) is 4.46. The number of aliphatic hydroxyl groups is 1. The van der Waals surface area contributed by atoms with Gasteiger partial charge in [0.15, 0.2) is 5.82 Å². The number of anilines is 1. The Morgan fingerprint density at radius 2 is 2.12 bits per heavy atom. The van der Waals surface area contributed by atoms with Crippen LogP contribution in [0.3, 0.4) is 0 Å². The summed E-state index contributed by atoms with van der Waals surface area (Å²) in [5, 5.41) is 26.8. The summed E-state index contributed by atoms with van der Waals surface area (Å²) in [4.78, 5) is 29.0. The summed E-state index contributed by atoms with van der Waals surface area (Å²) >= 11 is 0. The quantitative estimate of drug-likeness (QED) is 0.712. The van der Waals surface area contributed by atoms with E-state index in [1.54, 1.807) is 23.6 Å². The van der Waals surface area contributed by atoms with E-state index in [2.05, 4.69) is 10.4 Å². The third-order valence-corrected chi connectivity index (χ3v) is 6.87. The van der Waals surface area contributed by atoms with Gasteiger partial charge in [-0.05, 0) is 25.5 Å². The number of nitrogens with one attached hydrogen (secondary N) is 1. The van der Waals surface area contributed by atoms with Crippen LogP contribution in [-0.4, -0.2) is 62.4 Å². The zero-order chi connectivity index (χ0) is 24.8. The molecule has 2 aliphatic rings. The molecule has 3 amide bonds. The maximum Gasteiger partial charge on any atom is 0.322 e. The predicted octanol–water partition coefficient (Wildman–Crippen LogP) is 2.49. The van der Waals surface area contributed by atoms with Crippen LogP contribution in [0.15, 0.2) is 12.1 Å². The minimum Gasteiger partial charge on any atom is -0.390 e. The minimum absolute atomic E-state index is 0.0822. The van der Waals surface area contributed by atoms with Gasteiger partial charge in [-0.15, -0.1) is 0 Å². The standard InChI is InChI=1S/C23H26F2N6O3/c1-4-23(2,34)13-10-29(3)21(32)20-15-12-30(8-7-17(15)28-31(20)11-13)22(33)27-18-6-5-16(24)14(9-26)19(18)25/h5-6,13,34H,4,7-8,10-12H2,1-3H3,(H,27,33)/t13-,23?/m0/s1. The second kappa shape index (κ2) is 8.68. The zero-order valence-electron chi connectivity index (χ0n) is 19.2. The summed E-state index contributed by atoms with van der Waals surface area (Å²) in [6.45, 7) is 4.74. The Balaban J connectivity index is 1.60. The molecule has 3 heterocycles. The molecule has 1 aromatic heterocycles. The highest BCUT2D eigenvalue weighted by Gasteiger charge is 2.39. The van der Waals surface area contributed by atoms with Gasteiger partial charge in [-0.25, -0.2) is 13.6 Å². The lowest BCUT2D eigenvalue weighted by Gasteiger charge is -2.33. The van der Waals surface area contributed by atoms with Gasteiger partial charge in [0, 0.05) is 44.6 Å². The van der Waals surface area contributed by atoms with E-state index in [9.17, 15) is 23.5 Å². The van der Waals surface area contributed by atoms with E-state index in [0.29, 0.717) is 42.9 Å². The number of amides is 3. The summed E-state index contributed by atoms with van der Waals surface area (Å²) in [7, 11) is 1.67. The van der Waals surface area contributed by atoms with Crippen LogP contribution in [0, 0.1) is 28.9 Å². The molecule has 0 fully saturated rings. The van der Waals surface area contributed by atoms with Crippen molar-refractivity contribution in [1.29, 1.82) is 5.26 Å². The Hall–Kier alpha value is -3.52. The van der Waals surface area contributed by atoms with Crippen molar-refractivity contribution < 1.29 is 23.5 Å². The van der Waals surface area contributed by atoms with E-state index in [4.69, 9.17) is 5.26 Å². The molecule has 1 aromatic carbocycles. The number of hydrogen-bond donors (Lipinski definition) is 2. The van der Waals surface area contributed by atoms with Gasteiger partial charge in [-0.1, -0.05) is 6.92 Å². The number of urea groups is 1. The number of nitrogens with zero attached hydrogens (tertiary/aromatic N) is 5. The first kappa shape index (κ1) is 23.6. The van der Waals surface area contributed by atoms with Crippen molar-refractivity contribution in [2.75, 3.05) is 25.5 Å². The van der Waals surface area contributed by atoms with Crippen molar-refractivity contribution in [1.82, 2.24) is 19.6 Å². The topological polar surface area (TPSA) is 114 Å². The van der Waals surface area contributed by atoms with E-state index in [0.717, 1.165) is 12.1 Å². The number of carbonyl (C=O) groups excluding carboxylic acids is 2. The highest BCUT2D eigenvalue weighted by atomic mass is 19.1. The van der Waals surface area contributed by atoms with Crippen LogP contribution in [-0.2, 0) is 19.5 Å². The Labute approximate surface area is 195 Å². The van der Waals surface area contributed by atoms with Crippen LogP contribution in [0.1, 0.15) is 47.6 Å². The summed E-state index contributed by atoms with van der Waals surface area (Å²) < 4.78 is 29.6. The molecule has 180 valence electrons. The van der Waals surface area contributed by atoms with E-state index < -0.39 is 28.8 Å². The van der Waals surface area contributed by atoms with Crippen molar-refractivity contribution in [3.05, 3.63) is 46.3 Å².